The number of rotatable bonds is 17. The molecule has 1 nitrogen and oxygen atoms in total. The quantitative estimate of drug-likeness (QED) is 0.282. The maximum absolute atomic E-state index is 6.35. The largest absolute Gasteiger partial charge is 0.327 e. The summed E-state index contributed by atoms with van der Waals surface area (Å²) in [6.07, 6.45) is 22.2. The molecule has 2 unspecified atom stereocenters. The van der Waals surface area contributed by atoms with Gasteiger partial charge in [0.1, 0.15) is 0 Å². The van der Waals surface area contributed by atoms with Crippen molar-refractivity contribution in [2.24, 2.45) is 11.7 Å². The molecule has 0 aliphatic carbocycles. The van der Waals surface area contributed by atoms with E-state index in [-0.39, 0.29) is 0 Å². The Balaban J connectivity index is 3.31. The minimum Gasteiger partial charge on any atom is -0.327 e. The third kappa shape index (κ3) is 14.9. The summed E-state index contributed by atoms with van der Waals surface area (Å²) in [7, 11) is 0. The van der Waals surface area contributed by atoms with Crippen LogP contribution in [-0.2, 0) is 0 Å². The van der Waals surface area contributed by atoms with Crippen molar-refractivity contribution in [2.45, 2.75) is 130 Å². The molecule has 0 aliphatic heterocycles. The Morgan fingerprint density at radius 2 is 0.909 bits per heavy atom. The summed E-state index contributed by atoms with van der Waals surface area (Å²) in [5, 5.41) is 0. The predicted molar refractivity (Wildman–Crippen MR) is 102 cm³/mol. The van der Waals surface area contributed by atoms with Crippen molar-refractivity contribution in [3.05, 3.63) is 0 Å². The van der Waals surface area contributed by atoms with Crippen LogP contribution in [0.1, 0.15) is 124 Å². The molecule has 0 spiro atoms. The van der Waals surface area contributed by atoms with Gasteiger partial charge in [-0.3, -0.25) is 0 Å². The van der Waals surface area contributed by atoms with Crippen LogP contribution in [-0.4, -0.2) is 6.04 Å². The van der Waals surface area contributed by atoms with E-state index in [0.29, 0.717) is 6.04 Å². The van der Waals surface area contributed by atoms with Crippen molar-refractivity contribution >= 4 is 0 Å². The number of hydrogen-bond acceptors (Lipinski definition) is 1. The van der Waals surface area contributed by atoms with Crippen LogP contribution in [0, 0.1) is 5.92 Å². The predicted octanol–water partition coefficient (Wildman–Crippen LogP) is 7.23. The van der Waals surface area contributed by atoms with Crippen LogP contribution in [0.4, 0.5) is 0 Å². The second-order valence-corrected chi connectivity index (χ2v) is 7.46. The molecule has 2 atom stereocenters. The average molecular weight is 312 g/mol. The maximum atomic E-state index is 6.35. The van der Waals surface area contributed by atoms with Crippen LogP contribution >= 0.6 is 0 Å². The summed E-state index contributed by atoms with van der Waals surface area (Å²) in [6.45, 7) is 6.93. The minimum atomic E-state index is 0.440. The molecule has 2 N–H and O–H groups in total. The van der Waals surface area contributed by atoms with Crippen molar-refractivity contribution in [1.29, 1.82) is 0 Å². The third-order valence-corrected chi connectivity index (χ3v) is 5.13. The van der Waals surface area contributed by atoms with Gasteiger partial charge in [-0.2, -0.15) is 0 Å². The van der Waals surface area contributed by atoms with Crippen LogP contribution in [0.3, 0.4) is 0 Å². The molecule has 22 heavy (non-hydrogen) atoms. The van der Waals surface area contributed by atoms with Crippen LogP contribution in [0.25, 0.3) is 0 Å². The second kappa shape index (κ2) is 17.3. The Morgan fingerprint density at radius 1 is 0.545 bits per heavy atom. The lowest BCUT2D eigenvalue weighted by molar-refractivity contribution is 0.377. The van der Waals surface area contributed by atoms with Gasteiger partial charge in [0.15, 0.2) is 0 Å². The summed E-state index contributed by atoms with van der Waals surface area (Å²) in [4.78, 5) is 0. The normalized spacial score (nSPS) is 14.2. The molecule has 0 rings (SSSR count). The van der Waals surface area contributed by atoms with Crippen molar-refractivity contribution in [3.8, 4) is 0 Å². The third-order valence-electron chi connectivity index (χ3n) is 5.13. The number of nitrogens with two attached hydrogens (primary N) is 1. The topological polar surface area (TPSA) is 26.0 Å². The minimum absolute atomic E-state index is 0.440. The average Bonchev–Trinajstić information content (AvgIpc) is 2.52. The zero-order valence-corrected chi connectivity index (χ0v) is 16.0. The monoisotopic (exact) mass is 311 g/mol. The van der Waals surface area contributed by atoms with Gasteiger partial charge in [-0.05, 0) is 18.8 Å². The van der Waals surface area contributed by atoms with Crippen LogP contribution < -0.4 is 5.73 Å². The summed E-state index contributed by atoms with van der Waals surface area (Å²) in [6, 6.07) is 0.440. The zero-order chi connectivity index (χ0) is 16.5. The molecule has 0 saturated carbocycles. The van der Waals surface area contributed by atoms with E-state index in [1.54, 1.807) is 0 Å². The molecule has 0 fully saturated rings. The van der Waals surface area contributed by atoms with Gasteiger partial charge in [-0.15, -0.1) is 0 Å². The summed E-state index contributed by atoms with van der Waals surface area (Å²) in [5.41, 5.74) is 6.35. The molecule has 0 aromatic carbocycles. The van der Waals surface area contributed by atoms with Gasteiger partial charge in [0, 0.05) is 6.04 Å². The fourth-order valence-electron chi connectivity index (χ4n) is 3.26. The van der Waals surface area contributed by atoms with Gasteiger partial charge < -0.3 is 5.73 Å². The second-order valence-electron chi connectivity index (χ2n) is 7.46. The Morgan fingerprint density at radius 3 is 1.36 bits per heavy atom. The first-order valence-corrected chi connectivity index (χ1v) is 10.5. The fraction of sp³-hybridized carbons (Fsp3) is 1.00. The van der Waals surface area contributed by atoms with E-state index in [9.17, 15) is 0 Å². The highest BCUT2D eigenvalue weighted by Crippen LogP contribution is 2.18. The summed E-state index contributed by atoms with van der Waals surface area (Å²) >= 11 is 0. The highest BCUT2D eigenvalue weighted by molar-refractivity contribution is 4.69. The Kier molecular flexibility index (Phi) is 17.3. The van der Waals surface area contributed by atoms with Crippen molar-refractivity contribution in [2.75, 3.05) is 0 Å². The molecule has 0 heterocycles. The molecule has 0 amide bonds. The van der Waals surface area contributed by atoms with E-state index in [1.807, 2.05) is 0 Å². The molecule has 0 bridgehead atoms. The molecule has 0 saturated heterocycles. The van der Waals surface area contributed by atoms with E-state index in [0.717, 1.165) is 5.92 Å². The van der Waals surface area contributed by atoms with Crippen LogP contribution in [0.5, 0.6) is 0 Å². The summed E-state index contributed by atoms with van der Waals surface area (Å²) < 4.78 is 0. The zero-order valence-electron chi connectivity index (χ0n) is 16.0. The molecule has 134 valence electrons. The number of hydrogen-bond donors (Lipinski definition) is 1. The Labute approximate surface area is 141 Å². The number of unbranched alkanes of at least 4 members (excludes halogenated alkanes) is 12. The molecular weight excluding hydrogens is 266 g/mol. The van der Waals surface area contributed by atoms with Gasteiger partial charge in [0.25, 0.3) is 0 Å². The van der Waals surface area contributed by atoms with E-state index in [4.69, 9.17) is 5.73 Å². The molecular formula is C21H45N. The molecule has 0 aliphatic rings. The Bertz CT molecular complexity index is 202. The standard InChI is InChI=1S/C21H45N/c1-4-6-8-10-11-12-13-15-17-19-21(22)20(3)18-16-14-9-7-5-2/h20-21H,4-19,22H2,1-3H3. The van der Waals surface area contributed by atoms with Crippen molar-refractivity contribution < 1.29 is 0 Å². The van der Waals surface area contributed by atoms with Gasteiger partial charge in [0.2, 0.25) is 0 Å². The first-order valence-electron chi connectivity index (χ1n) is 10.5. The highest BCUT2D eigenvalue weighted by atomic mass is 14.6. The molecule has 0 radical (unpaired) electrons. The van der Waals surface area contributed by atoms with Crippen molar-refractivity contribution in [1.82, 2.24) is 0 Å². The van der Waals surface area contributed by atoms with Gasteiger partial charge >= 0.3 is 0 Å². The fourth-order valence-corrected chi connectivity index (χ4v) is 3.26. The first kappa shape index (κ1) is 22.0. The van der Waals surface area contributed by atoms with E-state index < -0.39 is 0 Å². The SMILES string of the molecule is CCCCCCCCCCCC(N)C(C)CCCCCCC. The lowest BCUT2D eigenvalue weighted by Gasteiger charge is -2.19. The van der Waals surface area contributed by atoms with E-state index >= 15 is 0 Å². The Hall–Kier alpha value is -0.0400. The molecule has 0 aromatic rings. The van der Waals surface area contributed by atoms with E-state index in [2.05, 4.69) is 20.8 Å². The maximum Gasteiger partial charge on any atom is 0.00645 e. The molecule has 0 aromatic heterocycles. The van der Waals surface area contributed by atoms with E-state index in [1.165, 1.54) is 103 Å². The van der Waals surface area contributed by atoms with Gasteiger partial charge in [-0.25, -0.2) is 0 Å². The smallest absolute Gasteiger partial charge is 0.00645 e. The highest BCUT2D eigenvalue weighted by Gasteiger charge is 2.11. The van der Waals surface area contributed by atoms with Crippen LogP contribution in [0.15, 0.2) is 0 Å². The first-order chi connectivity index (χ1) is 10.7. The van der Waals surface area contributed by atoms with Crippen molar-refractivity contribution in [3.63, 3.8) is 0 Å². The van der Waals surface area contributed by atoms with Crippen LogP contribution in [0.2, 0.25) is 0 Å². The van der Waals surface area contributed by atoms with Gasteiger partial charge in [-0.1, -0.05) is 111 Å². The van der Waals surface area contributed by atoms with Gasteiger partial charge in [0.05, 0.1) is 0 Å². The lowest BCUT2D eigenvalue weighted by atomic mass is 9.91. The molecule has 1 heteroatoms. The summed E-state index contributed by atoms with van der Waals surface area (Å²) in [5.74, 6) is 0.718. The lowest BCUT2D eigenvalue weighted by Crippen LogP contribution is -2.28.